The lowest BCUT2D eigenvalue weighted by atomic mass is 10.0. The lowest BCUT2D eigenvalue weighted by Crippen LogP contribution is -2.39. The predicted molar refractivity (Wildman–Crippen MR) is 68.7 cm³/mol. The molecular weight excluding hydrogens is 303 g/mol. The fraction of sp³-hybridized carbons (Fsp3) is 0.600. The van der Waals surface area contributed by atoms with E-state index in [0.717, 1.165) is 16.1 Å². The normalized spacial score (nSPS) is 25.9. The summed E-state index contributed by atoms with van der Waals surface area (Å²) in [5.41, 5.74) is 5.78. The largest absolute Gasteiger partial charge is 0.336 e. The highest BCUT2D eigenvalue weighted by atomic mass is 127. The Morgan fingerprint density at radius 3 is 2.80 bits per heavy atom. The van der Waals surface area contributed by atoms with E-state index in [-0.39, 0.29) is 0 Å². The molecule has 1 fully saturated rings. The first-order chi connectivity index (χ1) is 7.22. The Kier molecular flexibility index (Phi) is 3.40. The van der Waals surface area contributed by atoms with Gasteiger partial charge in [-0.1, -0.05) is 6.92 Å². The zero-order valence-electron chi connectivity index (χ0n) is 8.73. The number of halogens is 1. The first-order valence-corrected chi connectivity index (χ1v) is 6.24. The van der Waals surface area contributed by atoms with Crippen LogP contribution in [0.5, 0.6) is 0 Å². The van der Waals surface area contributed by atoms with Crippen molar-refractivity contribution in [1.82, 2.24) is 9.97 Å². The zero-order chi connectivity index (χ0) is 10.8. The second kappa shape index (κ2) is 4.61. The standard InChI is InChI=1S/C10H15IN4/c1-7-2-3-15(9(7)4-12)10-13-5-8(11)6-14-10/h5-7,9H,2-4,12H2,1H3. The monoisotopic (exact) mass is 318 g/mol. The van der Waals surface area contributed by atoms with Crippen LogP contribution in [0.15, 0.2) is 12.4 Å². The number of rotatable bonds is 2. The van der Waals surface area contributed by atoms with Crippen molar-refractivity contribution < 1.29 is 0 Å². The molecule has 1 aliphatic heterocycles. The first kappa shape index (κ1) is 11.1. The molecule has 1 aliphatic rings. The quantitative estimate of drug-likeness (QED) is 0.834. The Bertz CT molecular complexity index is 327. The minimum atomic E-state index is 0.394. The van der Waals surface area contributed by atoms with Crippen LogP contribution in [-0.4, -0.2) is 29.1 Å². The van der Waals surface area contributed by atoms with Gasteiger partial charge >= 0.3 is 0 Å². The van der Waals surface area contributed by atoms with Gasteiger partial charge in [0.1, 0.15) is 0 Å². The highest BCUT2D eigenvalue weighted by Crippen LogP contribution is 2.26. The minimum Gasteiger partial charge on any atom is -0.336 e. The molecule has 0 amide bonds. The summed E-state index contributed by atoms with van der Waals surface area (Å²) in [5, 5.41) is 0. The van der Waals surface area contributed by atoms with Crippen molar-refractivity contribution in [3.05, 3.63) is 16.0 Å². The van der Waals surface area contributed by atoms with Gasteiger partial charge < -0.3 is 10.6 Å². The molecule has 1 aromatic rings. The van der Waals surface area contributed by atoms with Gasteiger partial charge in [-0.3, -0.25) is 0 Å². The maximum atomic E-state index is 5.78. The SMILES string of the molecule is CC1CCN(c2ncc(I)cn2)C1CN. The Hall–Kier alpha value is -0.430. The van der Waals surface area contributed by atoms with Crippen LogP contribution in [0.2, 0.25) is 0 Å². The second-order valence-electron chi connectivity index (χ2n) is 3.96. The van der Waals surface area contributed by atoms with E-state index in [9.17, 15) is 0 Å². The highest BCUT2D eigenvalue weighted by molar-refractivity contribution is 14.1. The lowest BCUT2D eigenvalue weighted by molar-refractivity contribution is 0.515. The van der Waals surface area contributed by atoms with Crippen molar-refractivity contribution in [2.45, 2.75) is 19.4 Å². The predicted octanol–water partition coefficient (Wildman–Crippen LogP) is 1.25. The van der Waals surface area contributed by atoms with Gasteiger partial charge in [-0.2, -0.15) is 0 Å². The molecule has 0 aromatic carbocycles. The Morgan fingerprint density at radius 1 is 1.53 bits per heavy atom. The van der Waals surface area contributed by atoms with Crippen LogP contribution in [0.25, 0.3) is 0 Å². The molecule has 1 saturated heterocycles. The van der Waals surface area contributed by atoms with Crippen LogP contribution in [0.4, 0.5) is 5.95 Å². The number of aromatic nitrogens is 2. The molecule has 0 aliphatic carbocycles. The fourth-order valence-corrected chi connectivity index (χ4v) is 2.35. The van der Waals surface area contributed by atoms with Crippen LogP contribution in [0.1, 0.15) is 13.3 Å². The average Bonchev–Trinajstić information content (AvgIpc) is 2.61. The van der Waals surface area contributed by atoms with Gasteiger partial charge in [0.15, 0.2) is 0 Å². The van der Waals surface area contributed by atoms with Gasteiger partial charge in [0.05, 0.1) is 0 Å². The van der Waals surface area contributed by atoms with Crippen molar-refractivity contribution in [2.24, 2.45) is 11.7 Å². The molecule has 2 unspecified atom stereocenters. The molecule has 2 heterocycles. The molecule has 5 heteroatoms. The summed E-state index contributed by atoms with van der Waals surface area (Å²) in [6, 6.07) is 0.394. The summed E-state index contributed by atoms with van der Waals surface area (Å²) in [4.78, 5) is 10.9. The number of nitrogens with zero attached hydrogens (tertiary/aromatic N) is 3. The summed E-state index contributed by atoms with van der Waals surface area (Å²) in [5.74, 6) is 1.45. The molecule has 4 nitrogen and oxygen atoms in total. The van der Waals surface area contributed by atoms with E-state index in [1.54, 1.807) is 0 Å². The average molecular weight is 318 g/mol. The van der Waals surface area contributed by atoms with E-state index in [1.807, 2.05) is 12.4 Å². The highest BCUT2D eigenvalue weighted by Gasteiger charge is 2.31. The maximum absolute atomic E-state index is 5.78. The van der Waals surface area contributed by atoms with Crippen LogP contribution in [0, 0.1) is 9.49 Å². The smallest absolute Gasteiger partial charge is 0.225 e. The number of anilines is 1. The van der Waals surface area contributed by atoms with Crippen molar-refractivity contribution in [2.75, 3.05) is 18.0 Å². The molecule has 0 saturated carbocycles. The number of hydrogen-bond acceptors (Lipinski definition) is 4. The van der Waals surface area contributed by atoms with Crippen molar-refractivity contribution in [3.63, 3.8) is 0 Å². The zero-order valence-corrected chi connectivity index (χ0v) is 10.9. The third kappa shape index (κ3) is 2.23. The molecule has 1 aromatic heterocycles. The van der Waals surface area contributed by atoms with E-state index in [0.29, 0.717) is 18.5 Å². The lowest BCUT2D eigenvalue weighted by Gasteiger charge is -2.25. The van der Waals surface area contributed by atoms with Gasteiger partial charge in [-0.25, -0.2) is 9.97 Å². The van der Waals surface area contributed by atoms with Gasteiger partial charge in [-0.15, -0.1) is 0 Å². The molecule has 0 radical (unpaired) electrons. The van der Waals surface area contributed by atoms with E-state index in [4.69, 9.17) is 5.73 Å². The third-order valence-electron chi connectivity index (χ3n) is 2.99. The molecule has 2 N–H and O–H groups in total. The summed E-state index contributed by atoms with van der Waals surface area (Å²) >= 11 is 2.21. The fourth-order valence-electron chi connectivity index (χ4n) is 2.07. The third-order valence-corrected chi connectivity index (χ3v) is 3.54. The van der Waals surface area contributed by atoms with E-state index in [1.165, 1.54) is 6.42 Å². The van der Waals surface area contributed by atoms with Crippen LogP contribution >= 0.6 is 22.6 Å². The van der Waals surface area contributed by atoms with Crippen LogP contribution in [-0.2, 0) is 0 Å². The summed E-state index contributed by atoms with van der Waals surface area (Å²) in [7, 11) is 0. The molecule has 2 atom stereocenters. The topological polar surface area (TPSA) is 55.0 Å². The van der Waals surface area contributed by atoms with Crippen molar-refractivity contribution in [1.29, 1.82) is 0 Å². The Labute approximate surface area is 103 Å². The molecule has 15 heavy (non-hydrogen) atoms. The summed E-state index contributed by atoms with van der Waals surface area (Å²) in [6.07, 6.45) is 4.87. The van der Waals surface area contributed by atoms with E-state index >= 15 is 0 Å². The number of nitrogens with two attached hydrogens (primary N) is 1. The van der Waals surface area contributed by atoms with Crippen molar-refractivity contribution >= 4 is 28.5 Å². The second-order valence-corrected chi connectivity index (χ2v) is 5.21. The van der Waals surface area contributed by atoms with Gasteiger partial charge in [0, 0.05) is 35.1 Å². The molecule has 2 rings (SSSR count). The minimum absolute atomic E-state index is 0.394. The van der Waals surface area contributed by atoms with Crippen LogP contribution in [0.3, 0.4) is 0 Å². The van der Waals surface area contributed by atoms with E-state index < -0.39 is 0 Å². The summed E-state index contributed by atoms with van der Waals surface area (Å²) in [6.45, 7) is 3.93. The van der Waals surface area contributed by atoms with E-state index in [2.05, 4.69) is 44.4 Å². The van der Waals surface area contributed by atoms with Crippen molar-refractivity contribution in [3.8, 4) is 0 Å². The number of hydrogen-bond donors (Lipinski definition) is 1. The molecular formula is C10H15IN4. The summed E-state index contributed by atoms with van der Waals surface area (Å²) < 4.78 is 1.06. The van der Waals surface area contributed by atoms with Gasteiger partial charge in [0.25, 0.3) is 0 Å². The van der Waals surface area contributed by atoms with Gasteiger partial charge in [0.2, 0.25) is 5.95 Å². The molecule has 82 valence electrons. The Morgan fingerprint density at radius 2 is 2.20 bits per heavy atom. The first-order valence-electron chi connectivity index (χ1n) is 5.16. The van der Waals surface area contributed by atoms with Crippen LogP contribution < -0.4 is 10.6 Å². The maximum Gasteiger partial charge on any atom is 0.225 e. The Balaban J connectivity index is 2.20. The molecule has 0 spiro atoms. The molecule has 0 bridgehead atoms. The van der Waals surface area contributed by atoms with Gasteiger partial charge in [-0.05, 0) is 34.9 Å².